The number of hydrogen-bond donors (Lipinski definition) is 1. The average Bonchev–Trinajstić information content (AvgIpc) is 2.99. The Hall–Kier alpha value is -1.15. The minimum Gasteiger partial charge on any atom is -0.495 e. The summed E-state index contributed by atoms with van der Waals surface area (Å²) in [6.45, 7) is 0.776. The van der Waals surface area contributed by atoms with Crippen LogP contribution in [0.5, 0.6) is 5.75 Å². The molecule has 1 N–H and O–H groups in total. The zero-order chi connectivity index (χ0) is 15.5. The molecule has 1 atom stereocenters. The van der Waals surface area contributed by atoms with E-state index < -0.39 is 10.0 Å². The lowest BCUT2D eigenvalue weighted by atomic mass is 10.2. The van der Waals surface area contributed by atoms with Crippen molar-refractivity contribution in [2.24, 2.45) is 0 Å². The zero-order valence-corrected chi connectivity index (χ0v) is 13.1. The molecule has 2 rings (SSSR count). The van der Waals surface area contributed by atoms with E-state index in [9.17, 15) is 13.5 Å². The minimum atomic E-state index is -3.68. The van der Waals surface area contributed by atoms with Gasteiger partial charge in [-0.15, -0.1) is 0 Å². The van der Waals surface area contributed by atoms with E-state index in [1.165, 1.54) is 24.5 Å². The number of rotatable bonds is 6. The first-order valence-corrected chi connectivity index (χ1v) is 8.28. The maximum atomic E-state index is 12.7. The summed E-state index contributed by atoms with van der Waals surface area (Å²) in [7, 11) is -0.731. The van der Waals surface area contributed by atoms with Crippen molar-refractivity contribution in [3.8, 4) is 5.75 Å². The third kappa shape index (κ3) is 3.55. The highest BCUT2D eigenvalue weighted by atomic mass is 32.2. The van der Waals surface area contributed by atoms with Gasteiger partial charge in [-0.3, -0.25) is 0 Å². The number of hydrogen-bond acceptors (Lipinski definition) is 5. The summed E-state index contributed by atoms with van der Waals surface area (Å²) in [4.78, 5) is 0.0667. The molecule has 1 unspecified atom stereocenters. The van der Waals surface area contributed by atoms with E-state index in [1.807, 2.05) is 0 Å². The number of nitrogens with zero attached hydrogens (tertiary/aromatic N) is 1. The zero-order valence-electron chi connectivity index (χ0n) is 12.3. The molecular weight excluding hydrogens is 294 g/mol. The largest absolute Gasteiger partial charge is 0.495 e. The highest BCUT2D eigenvalue weighted by Gasteiger charge is 2.28. The molecule has 1 saturated heterocycles. The molecule has 21 heavy (non-hydrogen) atoms. The van der Waals surface area contributed by atoms with Crippen LogP contribution in [-0.2, 0) is 21.4 Å². The summed E-state index contributed by atoms with van der Waals surface area (Å²) in [5.41, 5.74) is 0.528. The summed E-state index contributed by atoms with van der Waals surface area (Å²) in [5.74, 6) is 0.270. The molecule has 7 heteroatoms. The van der Waals surface area contributed by atoms with Gasteiger partial charge in [-0.25, -0.2) is 8.42 Å². The van der Waals surface area contributed by atoms with Crippen LogP contribution >= 0.6 is 0 Å². The van der Waals surface area contributed by atoms with Gasteiger partial charge in [0.15, 0.2) is 0 Å². The third-order valence-corrected chi connectivity index (χ3v) is 5.43. The molecule has 118 valence electrons. The number of methoxy groups -OCH3 is 1. The normalized spacial score (nSPS) is 19.1. The van der Waals surface area contributed by atoms with Gasteiger partial charge in [-0.1, -0.05) is 6.07 Å². The quantitative estimate of drug-likeness (QED) is 0.847. The van der Waals surface area contributed by atoms with E-state index in [4.69, 9.17) is 9.47 Å². The summed E-state index contributed by atoms with van der Waals surface area (Å²) in [6.07, 6.45) is 1.77. The fourth-order valence-corrected chi connectivity index (χ4v) is 3.77. The van der Waals surface area contributed by atoms with Crippen molar-refractivity contribution in [2.75, 3.05) is 27.3 Å². The van der Waals surface area contributed by atoms with E-state index in [0.29, 0.717) is 18.7 Å². The van der Waals surface area contributed by atoms with Crippen LogP contribution in [0.15, 0.2) is 23.1 Å². The van der Waals surface area contributed by atoms with Crippen LogP contribution in [0.4, 0.5) is 0 Å². The van der Waals surface area contributed by atoms with Crippen molar-refractivity contribution in [1.29, 1.82) is 0 Å². The first kappa shape index (κ1) is 16.2. The highest BCUT2D eigenvalue weighted by Crippen LogP contribution is 2.28. The van der Waals surface area contributed by atoms with Gasteiger partial charge in [0.05, 0.1) is 19.8 Å². The standard InChI is InChI=1S/C14H21NO5S/c1-15(9-12-4-3-7-20-12)21(17,18)14-8-11(10-16)5-6-13(14)19-2/h5-6,8,12,16H,3-4,7,9-10H2,1-2H3. The summed E-state index contributed by atoms with van der Waals surface area (Å²) in [5, 5.41) is 9.19. The summed E-state index contributed by atoms with van der Waals surface area (Å²) in [6, 6.07) is 4.64. The SMILES string of the molecule is COc1ccc(CO)cc1S(=O)(=O)N(C)CC1CCCO1. The smallest absolute Gasteiger partial charge is 0.246 e. The number of sulfonamides is 1. The molecule has 1 aliphatic heterocycles. The number of likely N-dealkylation sites (N-methyl/N-ethyl adjacent to an activating group) is 1. The molecule has 6 nitrogen and oxygen atoms in total. The van der Waals surface area contributed by atoms with Crippen LogP contribution in [0.2, 0.25) is 0 Å². The second-order valence-corrected chi connectivity index (χ2v) is 7.08. The lowest BCUT2D eigenvalue weighted by Crippen LogP contribution is -2.34. The lowest BCUT2D eigenvalue weighted by molar-refractivity contribution is 0.0978. The van der Waals surface area contributed by atoms with Crippen molar-refractivity contribution < 1.29 is 23.0 Å². The molecule has 0 spiro atoms. The van der Waals surface area contributed by atoms with E-state index >= 15 is 0 Å². The van der Waals surface area contributed by atoms with Crippen molar-refractivity contribution >= 4 is 10.0 Å². The van der Waals surface area contributed by atoms with Crippen LogP contribution < -0.4 is 4.74 Å². The lowest BCUT2D eigenvalue weighted by Gasteiger charge is -2.22. The Morgan fingerprint density at radius 3 is 2.81 bits per heavy atom. The van der Waals surface area contributed by atoms with Gasteiger partial charge in [0.1, 0.15) is 10.6 Å². The van der Waals surface area contributed by atoms with E-state index in [0.717, 1.165) is 12.8 Å². The van der Waals surface area contributed by atoms with Crippen LogP contribution in [0, 0.1) is 0 Å². The molecule has 1 aromatic rings. The van der Waals surface area contributed by atoms with Gasteiger partial charge >= 0.3 is 0 Å². The Kier molecular flexibility index (Phi) is 5.21. The van der Waals surface area contributed by atoms with Crippen molar-refractivity contribution in [3.05, 3.63) is 23.8 Å². The summed E-state index contributed by atoms with van der Waals surface area (Å²) < 4.78 is 37.2. The van der Waals surface area contributed by atoms with Crippen molar-refractivity contribution in [1.82, 2.24) is 4.31 Å². The number of benzene rings is 1. The van der Waals surface area contributed by atoms with Crippen LogP contribution in [0.3, 0.4) is 0 Å². The van der Waals surface area contributed by atoms with Gasteiger partial charge in [0.25, 0.3) is 0 Å². The molecule has 1 fully saturated rings. The van der Waals surface area contributed by atoms with Crippen LogP contribution in [0.1, 0.15) is 18.4 Å². The molecule has 0 radical (unpaired) electrons. The average molecular weight is 315 g/mol. The predicted molar refractivity (Wildman–Crippen MR) is 77.7 cm³/mol. The first-order valence-electron chi connectivity index (χ1n) is 6.84. The Balaban J connectivity index is 2.28. The topological polar surface area (TPSA) is 76.1 Å². The van der Waals surface area contributed by atoms with Gasteiger partial charge in [0.2, 0.25) is 10.0 Å². The van der Waals surface area contributed by atoms with Crippen molar-refractivity contribution in [3.63, 3.8) is 0 Å². The van der Waals surface area contributed by atoms with E-state index in [-0.39, 0.29) is 23.4 Å². The van der Waals surface area contributed by atoms with Crippen LogP contribution in [-0.4, -0.2) is 51.2 Å². The molecule has 0 aromatic heterocycles. The van der Waals surface area contributed by atoms with Gasteiger partial charge < -0.3 is 14.6 Å². The Morgan fingerprint density at radius 2 is 2.24 bits per heavy atom. The molecule has 0 saturated carbocycles. The molecule has 0 bridgehead atoms. The molecule has 0 amide bonds. The Labute approximate surface area is 125 Å². The molecule has 1 aromatic carbocycles. The molecule has 1 heterocycles. The van der Waals surface area contributed by atoms with Crippen molar-refractivity contribution in [2.45, 2.75) is 30.4 Å². The second kappa shape index (κ2) is 6.74. The van der Waals surface area contributed by atoms with Crippen LogP contribution in [0.25, 0.3) is 0 Å². The highest BCUT2D eigenvalue weighted by molar-refractivity contribution is 7.89. The predicted octanol–water partition coefficient (Wildman–Crippen LogP) is 0.987. The van der Waals surface area contributed by atoms with Gasteiger partial charge in [0, 0.05) is 20.2 Å². The fourth-order valence-electron chi connectivity index (χ4n) is 2.36. The first-order chi connectivity index (χ1) is 9.98. The maximum absolute atomic E-state index is 12.7. The Morgan fingerprint density at radius 1 is 1.48 bits per heavy atom. The minimum absolute atomic E-state index is 0.0585. The molecular formula is C14H21NO5S. The van der Waals surface area contributed by atoms with Gasteiger partial charge in [-0.2, -0.15) is 4.31 Å². The Bertz CT molecular complexity index is 581. The monoisotopic (exact) mass is 315 g/mol. The molecule has 1 aliphatic rings. The maximum Gasteiger partial charge on any atom is 0.246 e. The summed E-state index contributed by atoms with van der Waals surface area (Å²) >= 11 is 0. The third-order valence-electron chi connectivity index (χ3n) is 3.58. The number of aliphatic hydroxyl groups is 1. The van der Waals surface area contributed by atoms with E-state index in [2.05, 4.69) is 0 Å². The second-order valence-electron chi connectivity index (χ2n) is 5.06. The number of aliphatic hydroxyl groups excluding tert-OH is 1. The number of ether oxygens (including phenoxy) is 2. The fraction of sp³-hybridized carbons (Fsp3) is 0.571. The molecule has 0 aliphatic carbocycles. The van der Waals surface area contributed by atoms with Gasteiger partial charge in [-0.05, 0) is 30.5 Å². The van der Waals surface area contributed by atoms with E-state index in [1.54, 1.807) is 12.1 Å².